The summed E-state index contributed by atoms with van der Waals surface area (Å²) in [5.41, 5.74) is 0. The lowest BCUT2D eigenvalue weighted by atomic mass is 10.1. The van der Waals surface area contributed by atoms with Crippen molar-refractivity contribution in [3.8, 4) is 0 Å². The second-order valence-corrected chi connectivity index (χ2v) is 13.2. The van der Waals surface area contributed by atoms with Crippen molar-refractivity contribution in [3.05, 3.63) is 12.2 Å². The predicted octanol–water partition coefficient (Wildman–Crippen LogP) is 7.35. The fraction of sp³-hybridized carbons (Fsp3) is 0.903. The van der Waals surface area contributed by atoms with Crippen molar-refractivity contribution in [1.29, 1.82) is 0 Å². The number of quaternary nitrogens is 1. The lowest BCUT2D eigenvalue weighted by Crippen LogP contribution is -2.37. The lowest BCUT2D eigenvalue weighted by molar-refractivity contribution is -0.870. The van der Waals surface area contributed by atoms with Gasteiger partial charge in [-0.25, -0.2) is 0 Å². The molecule has 0 radical (unpaired) electrons. The number of hydrogen-bond acceptors (Lipinski definition) is 7. The summed E-state index contributed by atoms with van der Waals surface area (Å²) < 4.78 is 34.1. The van der Waals surface area contributed by atoms with Gasteiger partial charge < -0.3 is 27.9 Å². The maximum Gasteiger partial charge on any atom is 0.306 e. The van der Waals surface area contributed by atoms with Gasteiger partial charge in [-0.3, -0.25) is 9.36 Å². The summed E-state index contributed by atoms with van der Waals surface area (Å²) in [4.78, 5) is 24.6. The topological polar surface area (TPSA) is 94.1 Å². The lowest BCUT2D eigenvalue weighted by Gasteiger charge is -2.28. The molecule has 0 bridgehead atoms. The molecule has 0 spiro atoms. The molecule has 0 aromatic carbocycles. The van der Waals surface area contributed by atoms with E-state index in [1.807, 2.05) is 21.1 Å². The van der Waals surface area contributed by atoms with Crippen molar-refractivity contribution < 1.29 is 37.3 Å². The fourth-order valence-electron chi connectivity index (χ4n) is 4.02. The number of ether oxygens (including phenoxy) is 2. The van der Waals surface area contributed by atoms with E-state index in [1.54, 1.807) is 0 Å². The second-order valence-electron chi connectivity index (χ2n) is 11.8. The van der Waals surface area contributed by atoms with Crippen LogP contribution in [0, 0.1) is 0 Å². The Morgan fingerprint density at radius 3 is 2.00 bits per heavy atom. The Morgan fingerprint density at radius 2 is 1.35 bits per heavy atom. The molecule has 0 heterocycles. The van der Waals surface area contributed by atoms with E-state index >= 15 is 0 Å². The minimum Gasteiger partial charge on any atom is -0.756 e. The molecule has 0 aliphatic rings. The summed E-state index contributed by atoms with van der Waals surface area (Å²) in [6, 6.07) is 0. The summed E-state index contributed by atoms with van der Waals surface area (Å²) in [5.74, 6) is -0.345. The Labute approximate surface area is 246 Å². The number of rotatable bonds is 29. The van der Waals surface area contributed by atoms with Gasteiger partial charge in [0.25, 0.3) is 7.82 Å². The molecule has 40 heavy (non-hydrogen) atoms. The minimum absolute atomic E-state index is 0.0268. The second kappa shape index (κ2) is 25.9. The van der Waals surface area contributed by atoms with Gasteiger partial charge >= 0.3 is 5.97 Å². The summed E-state index contributed by atoms with van der Waals surface area (Å²) in [6.45, 7) is 5.28. The number of unbranched alkanes of at least 4 members (excludes halogenated alkanes) is 13. The van der Waals surface area contributed by atoms with Crippen LogP contribution in [0.15, 0.2) is 12.2 Å². The first kappa shape index (κ1) is 39.2. The number of esters is 1. The van der Waals surface area contributed by atoms with Crippen LogP contribution in [0.5, 0.6) is 0 Å². The maximum atomic E-state index is 12.4. The zero-order valence-corrected chi connectivity index (χ0v) is 27.4. The zero-order chi connectivity index (χ0) is 30.0. The van der Waals surface area contributed by atoms with E-state index in [0.717, 1.165) is 32.1 Å². The van der Waals surface area contributed by atoms with Crippen LogP contribution in [0.25, 0.3) is 0 Å². The number of carbonyl (C=O) groups excluding carboxylic acids is 1. The molecule has 0 aliphatic heterocycles. The van der Waals surface area contributed by atoms with Crippen LogP contribution in [-0.2, 0) is 27.9 Å². The molecule has 2 atom stereocenters. The molecule has 0 aromatic rings. The van der Waals surface area contributed by atoms with E-state index in [1.165, 1.54) is 70.6 Å². The van der Waals surface area contributed by atoms with E-state index in [-0.39, 0.29) is 25.8 Å². The molecule has 0 N–H and O–H groups in total. The average molecular weight is 592 g/mol. The van der Waals surface area contributed by atoms with E-state index in [9.17, 15) is 14.3 Å². The summed E-state index contributed by atoms with van der Waals surface area (Å²) in [5, 5.41) is 0. The highest BCUT2D eigenvalue weighted by Gasteiger charge is 2.20. The van der Waals surface area contributed by atoms with Crippen molar-refractivity contribution in [1.82, 2.24) is 0 Å². The molecule has 9 heteroatoms. The third kappa shape index (κ3) is 28.8. The zero-order valence-electron chi connectivity index (χ0n) is 26.5. The van der Waals surface area contributed by atoms with Gasteiger partial charge in [-0.15, -0.1) is 0 Å². The number of allylic oxidation sites excluding steroid dienone is 2. The highest BCUT2D eigenvalue weighted by Crippen LogP contribution is 2.38. The van der Waals surface area contributed by atoms with Gasteiger partial charge in [0.2, 0.25) is 0 Å². The SMILES string of the molecule is CCC/C=C\CCCCCCCCOCC(COP(=O)([O-])OCC[N+](C)(C)C)OC(=O)CCCCCCCCC. The number of carbonyl (C=O) groups is 1. The van der Waals surface area contributed by atoms with Gasteiger partial charge in [0.15, 0.2) is 0 Å². The average Bonchev–Trinajstić information content (AvgIpc) is 2.88. The van der Waals surface area contributed by atoms with Crippen LogP contribution in [0.2, 0.25) is 0 Å². The molecule has 0 amide bonds. The Kier molecular flexibility index (Phi) is 25.4. The van der Waals surface area contributed by atoms with Crippen LogP contribution < -0.4 is 4.89 Å². The Balaban J connectivity index is 4.36. The van der Waals surface area contributed by atoms with Crippen molar-refractivity contribution in [3.63, 3.8) is 0 Å². The Morgan fingerprint density at radius 1 is 0.750 bits per heavy atom. The van der Waals surface area contributed by atoms with E-state index < -0.39 is 13.9 Å². The van der Waals surface area contributed by atoms with Crippen LogP contribution >= 0.6 is 7.82 Å². The molecule has 0 aromatic heterocycles. The minimum atomic E-state index is -4.50. The van der Waals surface area contributed by atoms with E-state index in [0.29, 0.717) is 24.1 Å². The molecule has 0 aliphatic carbocycles. The predicted molar refractivity (Wildman–Crippen MR) is 162 cm³/mol. The van der Waals surface area contributed by atoms with Crippen molar-refractivity contribution in [2.45, 2.75) is 129 Å². The first-order valence-electron chi connectivity index (χ1n) is 15.9. The van der Waals surface area contributed by atoms with Gasteiger partial charge in [-0.2, -0.15) is 0 Å². The normalized spacial score (nSPS) is 14.4. The first-order chi connectivity index (χ1) is 19.1. The smallest absolute Gasteiger partial charge is 0.306 e. The molecule has 238 valence electrons. The number of hydrogen-bond donors (Lipinski definition) is 0. The highest BCUT2D eigenvalue weighted by molar-refractivity contribution is 7.45. The quantitative estimate of drug-likeness (QED) is 0.0295. The molecule has 0 saturated heterocycles. The number of nitrogens with zero attached hydrogens (tertiary/aromatic N) is 1. The third-order valence-corrected chi connectivity index (χ3v) is 7.51. The fourth-order valence-corrected chi connectivity index (χ4v) is 4.74. The van der Waals surface area contributed by atoms with E-state index in [2.05, 4.69) is 26.0 Å². The summed E-state index contributed by atoms with van der Waals surface area (Å²) >= 11 is 0. The standard InChI is InChI=1S/C31H62NO7P/c1-6-8-10-12-14-15-16-17-19-21-23-26-36-28-30(29-38-40(34,35)37-27-25-32(3,4)5)39-31(33)24-22-20-18-13-11-9-7-2/h10,12,30H,6-9,11,13-29H2,1-5H3/b12-10-. The van der Waals surface area contributed by atoms with Crippen LogP contribution in [-0.4, -0.2) is 70.7 Å². The number of phosphoric ester groups is 1. The van der Waals surface area contributed by atoms with Crippen molar-refractivity contribution in [2.24, 2.45) is 0 Å². The van der Waals surface area contributed by atoms with Gasteiger partial charge in [0.05, 0.1) is 34.4 Å². The maximum absolute atomic E-state index is 12.4. The first-order valence-corrected chi connectivity index (χ1v) is 17.4. The Hall–Kier alpha value is -0.760. The Bertz CT molecular complexity index is 667. The molecule has 8 nitrogen and oxygen atoms in total. The van der Waals surface area contributed by atoms with Crippen LogP contribution in [0.3, 0.4) is 0 Å². The van der Waals surface area contributed by atoms with Gasteiger partial charge in [-0.05, 0) is 32.1 Å². The third-order valence-electron chi connectivity index (χ3n) is 6.55. The number of likely N-dealkylation sites (N-methyl/N-ethyl adjacent to an activating group) is 1. The molecular formula is C31H62NO7P. The summed E-state index contributed by atoms with van der Waals surface area (Å²) in [7, 11) is 1.35. The van der Waals surface area contributed by atoms with Crippen molar-refractivity contribution in [2.75, 3.05) is 54.1 Å². The van der Waals surface area contributed by atoms with Gasteiger partial charge in [-0.1, -0.05) is 96.6 Å². The molecule has 0 saturated carbocycles. The van der Waals surface area contributed by atoms with Crippen LogP contribution in [0.4, 0.5) is 0 Å². The molecule has 0 rings (SSSR count). The molecular weight excluding hydrogens is 529 g/mol. The van der Waals surface area contributed by atoms with E-state index in [4.69, 9.17) is 18.5 Å². The monoisotopic (exact) mass is 591 g/mol. The van der Waals surface area contributed by atoms with Gasteiger partial charge in [0, 0.05) is 13.0 Å². The largest absolute Gasteiger partial charge is 0.756 e. The van der Waals surface area contributed by atoms with Gasteiger partial charge in [0.1, 0.15) is 19.3 Å². The van der Waals surface area contributed by atoms with Crippen molar-refractivity contribution >= 4 is 13.8 Å². The summed E-state index contributed by atoms with van der Waals surface area (Å²) in [6.07, 6.45) is 22.3. The molecule has 0 fully saturated rings. The number of phosphoric acid groups is 1. The highest BCUT2D eigenvalue weighted by atomic mass is 31.2. The van der Waals surface area contributed by atoms with Crippen LogP contribution in [0.1, 0.15) is 123 Å². The molecule has 2 unspecified atom stereocenters.